The minimum absolute atomic E-state index is 0.173. The van der Waals surface area contributed by atoms with Crippen LogP contribution in [0.15, 0.2) is 40.5 Å². The zero-order valence-corrected chi connectivity index (χ0v) is 22.4. The van der Waals surface area contributed by atoms with E-state index in [0.717, 1.165) is 17.0 Å². The van der Waals surface area contributed by atoms with E-state index < -0.39 is 10.0 Å². The number of thioether (sulfide) groups is 1. The Hall–Kier alpha value is -2.70. The highest BCUT2D eigenvalue weighted by Crippen LogP contribution is 2.25. The number of hydrogen-bond acceptors (Lipinski definition) is 8. The molecule has 35 heavy (non-hydrogen) atoms. The molecule has 0 saturated carbocycles. The molecule has 2 heterocycles. The number of sulfonamides is 1. The molecule has 0 saturated heterocycles. The second-order valence-corrected chi connectivity index (χ2v) is 11.2. The minimum Gasteiger partial charge on any atom is -0.367 e. The van der Waals surface area contributed by atoms with Gasteiger partial charge in [0.05, 0.1) is 23.0 Å². The SMILES string of the molecule is CCSc1nc(NC(C)C)c2cnn(CCNC(=O)c3ccc(S(=O)(=O)N(CC)CC)cc3)c2n1. The molecule has 10 nitrogen and oxygen atoms in total. The van der Waals surface area contributed by atoms with Crippen molar-refractivity contribution in [3.63, 3.8) is 0 Å². The van der Waals surface area contributed by atoms with E-state index in [1.807, 2.05) is 20.8 Å². The van der Waals surface area contributed by atoms with Crippen molar-refractivity contribution < 1.29 is 13.2 Å². The summed E-state index contributed by atoms with van der Waals surface area (Å²) in [6.45, 7) is 11.3. The number of aromatic nitrogens is 4. The maximum atomic E-state index is 12.6. The average Bonchev–Trinajstić information content (AvgIpc) is 3.23. The van der Waals surface area contributed by atoms with Crippen molar-refractivity contribution in [1.29, 1.82) is 0 Å². The first-order valence-electron chi connectivity index (χ1n) is 11.7. The van der Waals surface area contributed by atoms with Gasteiger partial charge in [0.1, 0.15) is 5.82 Å². The Kier molecular flexibility index (Phi) is 9.09. The lowest BCUT2D eigenvalue weighted by molar-refractivity contribution is 0.0952. The predicted octanol–water partition coefficient (Wildman–Crippen LogP) is 3.22. The molecule has 1 aromatic carbocycles. The van der Waals surface area contributed by atoms with Gasteiger partial charge in [-0.05, 0) is 43.9 Å². The van der Waals surface area contributed by atoms with Crippen LogP contribution < -0.4 is 10.6 Å². The van der Waals surface area contributed by atoms with Crippen LogP contribution in [0.1, 0.15) is 45.0 Å². The molecule has 0 aliphatic heterocycles. The Morgan fingerprint density at radius 3 is 2.40 bits per heavy atom. The Morgan fingerprint density at radius 2 is 1.80 bits per heavy atom. The quantitative estimate of drug-likeness (QED) is 0.276. The van der Waals surface area contributed by atoms with Crippen LogP contribution in [0, 0.1) is 0 Å². The van der Waals surface area contributed by atoms with Crippen LogP contribution in [-0.4, -0.2) is 69.8 Å². The highest BCUT2D eigenvalue weighted by atomic mass is 32.2. The van der Waals surface area contributed by atoms with Crippen molar-refractivity contribution in [2.75, 3.05) is 30.7 Å². The molecule has 0 bridgehead atoms. The van der Waals surface area contributed by atoms with E-state index in [1.54, 1.807) is 36.5 Å². The first kappa shape index (κ1) is 26.9. The molecule has 0 atom stereocenters. The van der Waals surface area contributed by atoms with Gasteiger partial charge in [-0.2, -0.15) is 9.40 Å². The van der Waals surface area contributed by atoms with Gasteiger partial charge < -0.3 is 10.6 Å². The van der Waals surface area contributed by atoms with Crippen molar-refractivity contribution in [3.8, 4) is 0 Å². The van der Waals surface area contributed by atoms with Gasteiger partial charge in [-0.15, -0.1) is 0 Å². The van der Waals surface area contributed by atoms with Crippen molar-refractivity contribution in [3.05, 3.63) is 36.0 Å². The Balaban J connectivity index is 1.69. The second-order valence-electron chi connectivity index (χ2n) is 8.06. The number of rotatable bonds is 12. The fraction of sp³-hybridized carbons (Fsp3) is 0.478. The second kappa shape index (κ2) is 11.8. The molecule has 2 aromatic heterocycles. The number of hydrogen-bond donors (Lipinski definition) is 2. The van der Waals surface area contributed by atoms with Gasteiger partial charge in [0.15, 0.2) is 10.8 Å². The van der Waals surface area contributed by atoms with Gasteiger partial charge in [-0.3, -0.25) is 4.79 Å². The topological polar surface area (TPSA) is 122 Å². The first-order valence-corrected chi connectivity index (χ1v) is 14.1. The van der Waals surface area contributed by atoms with E-state index in [9.17, 15) is 13.2 Å². The van der Waals surface area contributed by atoms with Crippen LogP contribution in [0.4, 0.5) is 5.82 Å². The molecule has 190 valence electrons. The molecule has 1 amide bonds. The third kappa shape index (κ3) is 6.30. The molecule has 0 aliphatic rings. The van der Waals surface area contributed by atoms with Gasteiger partial charge in [-0.1, -0.05) is 32.5 Å². The van der Waals surface area contributed by atoms with E-state index in [4.69, 9.17) is 0 Å². The summed E-state index contributed by atoms with van der Waals surface area (Å²) in [7, 11) is -3.56. The normalized spacial score (nSPS) is 12.0. The van der Waals surface area contributed by atoms with Crippen LogP contribution in [0.3, 0.4) is 0 Å². The van der Waals surface area contributed by atoms with Gasteiger partial charge >= 0.3 is 0 Å². The summed E-state index contributed by atoms with van der Waals surface area (Å²) in [5.74, 6) is 1.31. The third-order valence-corrected chi connectivity index (χ3v) is 8.04. The zero-order chi connectivity index (χ0) is 25.6. The number of nitrogens with zero attached hydrogens (tertiary/aromatic N) is 5. The van der Waals surface area contributed by atoms with Crippen molar-refractivity contribution in [2.24, 2.45) is 0 Å². The largest absolute Gasteiger partial charge is 0.367 e. The van der Waals surface area contributed by atoms with Gasteiger partial charge in [0, 0.05) is 31.2 Å². The fourth-order valence-corrected chi connectivity index (χ4v) is 5.57. The lowest BCUT2D eigenvalue weighted by Gasteiger charge is -2.18. The molecule has 3 rings (SSSR count). The summed E-state index contributed by atoms with van der Waals surface area (Å²) in [5, 5.41) is 12.2. The average molecular weight is 520 g/mol. The molecule has 3 aromatic rings. The van der Waals surface area contributed by atoms with E-state index in [2.05, 4.69) is 25.7 Å². The van der Waals surface area contributed by atoms with Crippen LogP contribution in [-0.2, 0) is 16.6 Å². The van der Waals surface area contributed by atoms with Crippen molar-refractivity contribution in [2.45, 2.75) is 57.3 Å². The number of anilines is 1. The number of amides is 1. The molecule has 0 aliphatic carbocycles. The Morgan fingerprint density at radius 1 is 1.11 bits per heavy atom. The van der Waals surface area contributed by atoms with E-state index in [0.29, 0.717) is 42.5 Å². The summed E-state index contributed by atoms with van der Waals surface area (Å²) >= 11 is 1.56. The fourth-order valence-electron chi connectivity index (χ4n) is 3.54. The minimum atomic E-state index is -3.56. The highest BCUT2D eigenvalue weighted by molar-refractivity contribution is 7.99. The van der Waals surface area contributed by atoms with Crippen LogP contribution in [0.25, 0.3) is 11.0 Å². The molecule has 2 N–H and O–H groups in total. The van der Waals surface area contributed by atoms with E-state index >= 15 is 0 Å². The molecular formula is C23H33N7O3S2. The smallest absolute Gasteiger partial charge is 0.251 e. The lowest BCUT2D eigenvalue weighted by atomic mass is 10.2. The summed E-state index contributed by atoms with van der Waals surface area (Å²) in [6.07, 6.45) is 1.73. The summed E-state index contributed by atoms with van der Waals surface area (Å²) in [5.41, 5.74) is 1.10. The zero-order valence-electron chi connectivity index (χ0n) is 20.8. The molecule has 0 fully saturated rings. The van der Waals surface area contributed by atoms with Crippen molar-refractivity contribution >= 4 is 44.5 Å². The third-order valence-electron chi connectivity index (χ3n) is 5.24. The van der Waals surface area contributed by atoms with Crippen LogP contribution in [0.5, 0.6) is 0 Å². The summed E-state index contributed by atoms with van der Waals surface area (Å²) < 4.78 is 28.4. The lowest BCUT2D eigenvalue weighted by Crippen LogP contribution is -2.31. The van der Waals surface area contributed by atoms with Crippen LogP contribution >= 0.6 is 11.8 Å². The predicted molar refractivity (Wildman–Crippen MR) is 139 cm³/mol. The highest BCUT2D eigenvalue weighted by Gasteiger charge is 2.21. The molecule has 0 unspecified atom stereocenters. The van der Waals surface area contributed by atoms with Crippen LogP contribution in [0.2, 0.25) is 0 Å². The van der Waals surface area contributed by atoms with Gasteiger partial charge in [-0.25, -0.2) is 23.1 Å². The molecular weight excluding hydrogens is 486 g/mol. The number of carbonyl (C=O) groups is 1. The van der Waals surface area contributed by atoms with E-state index in [1.165, 1.54) is 28.6 Å². The maximum Gasteiger partial charge on any atom is 0.251 e. The van der Waals surface area contributed by atoms with Gasteiger partial charge in [0.25, 0.3) is 5.91 Å². The monoisotopic (exact) mass is 519 g/mol. The Labute approximate surface area is 211 Å². The van der Waals surface area contributed by atoms with Gasteiger partial charge in [0.2, 0.25) is 10.0 Å². The first-order chi connectivity index (χ1) is 16.7. The Bertz CT molecular complexity index is 1250. The van der Waals surface area contributed by atoms with E-state index in [-0.39, 0.29) is 16.8 Å². The molecule has 12 heteroatoms. The number of benzene rings is 1. The summed E-state index contributed by atoms with van der Waals surface area (Å²) in [6, 6.07) is 6.21. The summed E-state index contributed by atoms with van der Waals surface area (Å²) in [4.78, 5) is 22.1. The maximum absolute atomic E-state index is 12.6. The number of nitrogens with one attached hydrogen (secondary N) is 2. The van der Waals surface area contributed by atoms with Crippen molar-refractivity contribution in [1.82, 2.24) is 29.4 Å². The number of fused-ring (bicyclic) bond motifs is 1. The number of carbonyl (C=O) groups excluding carboxylic acids is 1. The molecule has 0 radical (unpaired) electrons. The molecule has 0 spiro atoms. The standard InChI is InChI=1S/C23H33N7O3S2/c1-6-29(7-2)35(32,33)18-11-9-17(10-12-18)22(31)24-13-14-30-21-19(15-25-30)20(26-16(4)5)27-23(28-21)34-8-3/h9-12,15-16H,6-8,13-14H2,1-5H3,(H,24,31)(H,26,27,28).